The maximum absolute atomic E-state index is 12.4. The summed E-state index contributed by atoms with van der Waals surface area (Å²) >= 11 is 1.73. The first-order chi connectivity index (χ1) is 11.1. The molecule has 2 atom stereocenters. The Morgan fingerprint density at radius 1 is 1.39 bits per heavy atom. The fourth-order valence-corrected chi connectivity index (χ4v) is 4.71. The van der Waals surface area contributed by atoms with E-state index in [9.17, 15) is 4.79 Å². The van der Waals surface area contributed by atoms with E-state index in [1.807, 2.05) is 18.1 Å². The number of hydrogen-bond acceptors (Lipinski definition) is 4. The molecule has 0 saturated carbocycles. The number of amides is 1. The second kappa shape index (κ2) is 5.42. The number of aryl methyl sites for hydroxylation is 1. The Bertz CT molecular complexity index is 756. The Labute approximate surface area is 140 Å². The molecule has 4 rings (SSSR count). The van der Waals surface area contributed by atoms with E-state index >= 15 is 0 Å². The number of rotatable bonds is 2. The molecule has 5 heteroatoms. The molecule has 2 aliphatic heterocycles. The summed E-state index contributed by atoms with van der Waals surface area (Å²) in [5.74, 6) is 0.241. The predicted molar refractivity (Wildman–Crippen MR) is 92.4 cm³/mol. The maximum atomic E-state index is 12.4. The number of carbonyl (C=O) groups is 1. The zero-order valence-electron chi connectivity index (χ0n) is 13.5. The number of thiophene rings is 1. The smallest absolute Gasteiger partial charge is 0.242 e. The van der Waals surface area contributed by atoms with Crippen LogP contribution in [0.5, 0.6) is 0 Å². The third-order valence-corrected chi connectivity index (χ3v) is 6.11. The van der Waals surface area contributed by atoms with Crippen LogP contribution in [0.4, 0.5) is 0 Å². The van der Waals surface area contributed by atoms with Gasteiger partial charge in [-0.05, 0) is 65.8 Å². The molecule has 120 valence electrons. The van der Waals surface area contributed by atoms with E-state index in [0.717, 1.165) is 31.5 Å². The van der Waals surface area contributed by atoms with Gasteiger partial charge in [0.15, 0.2) is 0 Å². The molecule has 0 aromatic carbocycles. The summed E-state index contributed by atoms with van der Waals surface area (Å²) in [4.78, 5) is 18.9. The molecule has 1 spiro atoms. The van der Waals surface area contributed by atoms with Gasteiger partial charge in [0, 0.05) is 19.8 Å². The fourth-order valence-electron chi connectivity index (χ4n) is 3.85. The molecule has 0 bridgehead atoms. The molecule has 1 amide bonds. The van der Waals surface area contributed by atoms with Crippen molar-refractivity contribution < 1.29 is 4.79 Å². The second-order valence-electron chi connectivity index (χ2n) is 6.73. The van der Waals surface area contributed by atoms with Crippen molar-refractivity contribution in [3.8, 4) is 11.1 Å². The lowest BCUT2D eigenvalue weighted by molar-refractivity contribution is -0.131. The third-order valence-electron chi connectivity index (χ3n) is 5.25. The third kappa shape index (κ3) is 2.39. The number of aromatic nitrogens is 1. The van der Waals surface area contributed by atoms with Crippen LogP contribution in [0.25, 0.3) is 11.1 Å². The Hall–Kier alpha value is -1.72. The van der Waals surface area contributed by atoms with Gasteiger partial charge in [-0.1, -0.05) is 0 Å². The standard InChI is InChI=1S/C18H21N3OS/c1-12-10-23-11-14(12)13-4-7-19-16(9-13)15-3-5-18(20-15)6-8-21(2)17(18)22/h4,7,9-11,15,20H,3,5-6,8H2,1-2H3/t15-,18+/m1/s1. The molecular formula is C18H21N3OS. The maximum Gasteiger partial charge on any atom is 0.242 e. The second-order valence-corrected chi connectivity index (χ2v) is 7.48. The largest absolute Gasteiger partial charge is 0.344 e. The molecule has 0 unspecified atom stereocenters. The van der Waals surface area contributed by atoms with Crippen molar-refractivity contribution in [1.29, 1.82) is 0 Å². The van der Waals surface area contributed by atoms with Gasteiger partial charge in [-0.15, -0.1) is 0 Å². The van der Waals surface area contributed by atoms with E-state index in [4.69, 9.17) is 0 Å². The number of carbonyl (C=O) groups excluding carboxylic acids is 1. The molecule has 1 N–H and O–H groups in total. The van der Waals surface area contributed by atoms with Crippen molar-refractivity contribution in [2.24, 2.45) is 0 Å². The van der Waals surface area contributed by atoms with Gasteiger partial charge in [0.2, 0.25) is 5.91 Å². The first-order valence-corrected chi connectivity index (χ1v) is 9.06. The molecule has 0 radical (unpaired) electrons. The lowest BCUT2D eigenvalue weighted by atomic mass is 9.96. The Kier molecular flexibility index (Phi) is 3.50. The zero-order valence-corrected chi connectivity index (χ0v) is 14.3. The number of likely N-dealkylation sites (N-methyl/N-ethyl adjacent to an activating group) is 1. The number of nitrogens with zero attached hydrogens (tertiary/aromatic N) is 2. The predicted octanol–water partition coefficient (Wildman–Crippen LogP) is 3.14. The van der Waals surface area contributed by atoms with Crippen molar-refractivity contribution in [2.45, 2.75) is 37.8 Å². The quantitative estimate of drug-likeness (QED) is 0.921. The van der Waals surface area contributed by atoms with Crippen LogP contribution in [0.3, 0.4) is 0 Å². The fraction of sp³-hybridized carbons (Fsp3) is 0.444. The SMILES string of the molecule is Cc1cscc1-c1ccnc([C@H]2CC[C@@]3(CCN(C)C3=O)N2)c1. The minimum absolute atomic E-state index is 0.171. The van der Waals surface area contributed by atoms with Crippen LogP contribution >= 0.6 is 11.3 Å². The van der Waals surface area contributed by atoms with E-state index in [-0.39, 0.29) is 17.5 Å². The van der Waals surface area contributed by atoms with Crippen LogP contribution in [-0.4, -0.2) is 34.9 Å². The minimum atomic E-state index is -0.352. The van der Waals surface area contributed by atoms with Crippen LogP contribution in [0.1, 0.15) is 36.6 Å². The highest BCUT2D eigenvalue weighted by molar-refractivity contribution is 7.08. The van der Waals surface area contributed by atoms with Gasteiger partial charge in [0.25, 0.3) is 0 Å². The minimum Gasteiger partial charge on any atom is -0.344 e. The topological polar surface area (TPSA) is 45.2 Å². The highest BCUT2D eigenvalue weighted by atomic mass is 32.1. The van der Waals surface area contributed by atoms with Gasteiger partial charge < -0.3 is 4.90 Å². The molecule has 4 heterocycles. The highest BCUT2D eigenvalue weighted by Crippen LogP contribution is 2.39. The van der Waals surface area contributed by atoms with E-state index in [1.54, 1.807) is 11.3 Å². The van der Waals surface area contributed by atoms with E-state index in [2.05, 4.69) is 40.1 Å². The van der Waals surface area contributed by atoms with Gasteiger partial charge >= 0.3 is 0 Å². The van der Waals surface area contributed by atoms with Crippen LogP contribution in [0, 0.1) is 6.92 Å². The molecule has 2 aliphatic rings. The Morgan fingerprint density at radius 3 is 2.96 bits per heavy atom. The molecule has 23 heavy (non-hydrogen) atoms. The average Bonchev–Trinajstić information content (AvgIpc) is 3.25. The molecular weight excluding hydrogens is 306 g/mol. The number of hydrogen-bond donors (Lipinski definition) is 1. The summed E-state index contributed by atoms with van der Waals surface area (Å²) in [5, 5.41) is 7.96. The van der Waals surface area contributed by atoms with Gasteiger partial charge in [0.05, 0.1) is 11.7 Å². The monoisotopic (exact) mass is 327 g/mol. The summed E-state index contributed by atoms with van der Waals surface area (Å²) in [6.45, 7) is 2.99. The van der Waals surface area contributed by atoms with Crippen molar-refractivity contribution >= 4 is 17.2 Å². The van der Waals surface area contributed by atoms with Crippen molar-refractivity contribution in [3.63, 3.8) is 0 Å². The number of nitrogens with one attached hydrogen (secondary N) is 1. The van der Waals surface area contributed by atoms with Crippen LogP contribution < -0.4 is 5.32 Å². The summed E-state index contributed by atoms with van der Waals surface area (Å²) in [7, 11) is 1.89. The van der Waals surface area contributed by atoms with Crippen LogP contribution in [-0.2, 0) is 4.79 Å². The van der Waals surface area contributed by atoms with Gasteiger partial charge in [-0.25, -0.2) is 0 Å². The first kappa shape index (κ1) is 14.8. The Balaban J connectivity index is 1.61. The van der Waals surface area contributed by atoms with Gasteiger partial charge in [-0.3, -0.25) is 15.1 Å². The number of pyridine rings is 1. The summed E-state index contributed by atoms with van der Waals surface area (Å²) in [6, 6.07) is 4.41. The normalized spacial score (nSPS) is 27.3. The molecule has 0 aliphatic carbocycles. The van der Waals surface area contributed by atoms with Crippen LogP contribution in [0.2, 0.25) is 0 Å². The number of likely N-dealkylation sites (tertiary alicyclic amines) is 1. The molecule has 4 nitrogen and oxygen atoms in total. The molecule has 2 fully saturated rings. The van der Waals surface area contributed by atoms with Crippen molar-refractivity contribution in [1.82, 2.24) is 15.2 Å². The lowest BCUT2D eigenvalue weighted by Gasteiger charge is -2.23. The van der Waals surface area contributed by atoms with Gasteiger partial charge in [0.1, 0.15) is 5.54 Å². The summed E-state index contributed by atoms with van der Waals surface area (Å²) in [5.41, 5.74) is 4.49. The highest BCUT2D eigenvalue weighted by Gasteiger charge is 2.50. The zero-order chi connectivity index (χ0) is 16.0. The molecule has 2 aromatic rings. The summed E-state index contributed by atoms with van der Waals surface area (Å²) in [6.07, 6.45) is 4.67. The van der Waals surface area contributed by atoms with Crippen molar-refractivity contribution in [2.75, 3.05) is 13.6 Å². The molecule has 2 aromatic heterocycles. The first-order valence-electron chi connectivity index (χ1n) is 8.11. The molecule has 2 saturated heterocycles. The summed E-state index contributed by atoms with van der Waals surface area (Å²) < 4.78 is 0. The van der Waals surface area contributed by atoms with Gasteiger partial charge in [-0.2, -0.15) is 11.3 Å². The van der Waals surface area contributed by atoms with E-state index < -0.39 is 0 Å². The lowest BCUT2D eigenvalue weighted by Crippen LogP contribution is -2.47. The van der Waals surface area contributed by atoms with E-state index in [1.165, 1.54) is 16.7 Å². The van der Waals surface area contributed by atoms with Crippen LogP contribution in [0.15, 0.2) is 29.1 Å². The van der Waals surface area contributed by atoms with E-state index in [0.29, 0.717) is 0 Å². The van der Waals surface area contributed by atoms with Crippen molar-refractivity contribution in [3.05, 3.63) is 40.3 Å². The average molecular weight is 327 g/mol. The Morgan fingerprint density at radius 2 is 2.26 bits per heavy atom.